The van der Waals surface area contributed by atoms with Gasteiger partial charge in [0.1, 0.15) is 0 Å². The summed E-state index contributed by atoms with van der Waals surface area (Å²) in [5.41, 5.74) is 0. The molecule has 0 saturated heterocycles. The topological polar surface area (TPSA) is 128 Å². The van der Waals surface area contributed by atoms with Gasteiger partial charge in [-0.1, -0.05) is 0 Å². The molecule has 4 N–H and O–H groups in total. The Bertz CT molecular complexity index is 112. The third-order valence-electron chi connectivity index (χ3n) is 0. The van der Waals surface area contributed by atoms with Gasteiger partial charge in [0.15, 0.2) is 0 Å². The van der Waals surface area contributed by atoms with Gasteiger partial charge in [0.25, 0.3) is 0 Å². The van der Waals surface area contributed by atoms with Gasteiger partial charge in [0, 0.05) is 0 Å². The zero-order valence-corrected chi connectivity index (χ0v) is 6.95. The minimum atomic E-state index is -3.94. The first-order chi connectivity index (χ1) is 3.15. The molecular formula is H4NO5TiV. The van der Waals surface area contributed by atoms with Crippen molar-refractivity contribution < 1.29 is 52.5 Å². The van der Waals surface area contributed by atoms with Crippen molar-refractivity contribution in [2.45, 2.75) is 0 Å². The molecule has 6 nitrogen and oxygen atoms in total. The van der Waals surface area contributed by atoms with Crippen molar-refractivity contribution in [3.63, 3.8) is 0 Å². The predicted molar refractivity (Wildman–Crippen MR) is 8.73 cm³/mol. The Balaban J connectivity index is -0.0000000575. The van der Waals surface area contributed by atoms with Crippen LogP contribution in [0, 0.1) is 0 Å². The Morgan fingerprint density at radius 1 is 1.25 bits per heavy atom. The van der Waals surface area contributed by atoms with Crippen LogP contribution in [0.25, 0.3) is 0 Å². The van der Waals surface area contributed by atoms with Gasteiger partial charge in [-0.25, -0.2) is 0 Å². The van der Waals surface area contributed by atoms with Crippen LogP contribution >= 0.6 is 0 Å². The van der Waals surface area contributed by atoms with Crippen molar-refractivity contribution >= 4 is 0 Å². The second-order valence-corrected chi connectivity index (χ2v) is 1.27. The standard InChI is InChI=1S/H3N.5O.Ti.V/h1H3;;;;;;;/q;;;;;-1;;/p+1. The zero-order valence-electron chi connectivity index (χ0n) is 3.99. The molecule has 0 aromatic carbocycles. The predicted octanol–water partition coefficient (Wildman–Crippen LogP) is -1.29. The Kier molecular flexibility index (Phi) is 30.9. The first-order valence-electron chi connectivity index (χ1n) is 0.956. The van der Waals surface area contributed by atoms with Crippen molar-refractivity contribution in [3.8, 4) is 0 Å². The average molecular weight is 197 g/mol. The quantitative estimate of drug-likeness (QED) is 0.482. The normalized spacial score (nSPS) is 4.12. The van der Waals surface area contributed by atoms with E-state index in [2.05, 4.69) is 0 Å². The summed E-state index contributed by atoms with van der Waals surface area (Å²) in [5.74, 6) is 0. The zero-order chi connectivity index (χ0) is 6.28. The SMILES string of the molecule is [NH4+].[O]=[Ti]=[O].[O]=[V](=[O])[O-]. The molecule has 0 radical (unpaired) electrons. The molecule has 0 rings (SSSR count). The second-order valence-electron chi connectivity index (χ2n) is 0.307. The number of rotatable bonds is 0. The van der Waals surface area contributed by atoms with E-state index in [9.17, 15) is 0 Å². The van der Waals surface area contributed by atoms with E-state index in [1.807, 2.05) is 0 Å². The van der Waals surface area contributed by atoms with Gasteiger partial charge < -0.3 is 6.15 Å². The summed E-state index contributed by atoms with van der Waals surface area (Å²) in [5, 5.41) is 0. The van der Waals surface area contributed by atoms with Crippen molar-refractivity contribution in [1.82, 2.24) is 6.15 Å². The molecule has 0 aromatic rings. The fourth-order valence-corrected chi connectivity index (χ4v) is 0. The van der Waals surface area contributed by atoms with E-state index in [1.165, 1.54) is 0 Å². The molecule has 0 spiro atoms. The molecule has 0 atom stereocenters. The van der Waals surface area contributed by atoms with Crippen LogP contribution in [0.3, 0.4) is 0 Å². The van der Waals surface area contributed by atoms with Crippen molar-refractivity contribution in [2.24, 2.45) is 0 Å². The minimum absolute atomic E-state index is 0. The molecule has 0 heterocycles. The van der Waals surface area contributed by atoms with Gasteiger partial charge in [0.05, 0.1) is 0 Å². The Hall–Kier alpha value is 0.419. The van der Waals surface area contributed by atoms with Crippen LogP contribution in [0.4, 0.5) is 0 Å². The molecule has 0 amide bonds. The fourth-order valence-electron chi connectivity index (χ4n) is 0. The van der Waals surface area contributed by atoms with E-state index in [0.717, 1.165) is 0 Å². The Labute approximate surface area is 58.8 Å². The van der Waals surface area contributed by atoms with Crippen LogP contribution in [0.5, 0.6) is 0 Å². The van der Waals surface area contributed by atoms with E-state index < -0.39 is 34.5 Å². The Morgan fingerprint density at radius 2 is 1.25 bits per heavy atom. The fraction of sp³-hybridized carbons (Fsp3) is 0. The molecule has 0 aliphatic carbocycles. The van der Waals surface area contributed by atoms with Crippen LogP contribution in [0.15, 0.2) is 0 Å². The molecule has 8 heteroatoms. The third kappa shape index (κ3) is 1080. The van der Waals surface area contributed by atoms with E-state index >= 15 is 0 Å². The van der Waals surface area contributed by atoms with Crippen molar-refractivity contribution in [3.05, 3.63) is 0 Å². The molecule has 0 aliphatic rings. The van der Waals surface area contributed by atoms with E-state index in [4.69, 9.17) is 18.0 Å². The van der Waals surface area contributed by atoms with Gasteiger partial charge >= 0.3 is 52.5 Å². The summed E-state index contributed by atoms with van der Waals surface area (Å²) in [7, 11) is 0. The van der Waals surface area contributed by atoms with E-state index in [-0.39, 0.29) is 6.15 Å². The van der Waals surface area contributed by atoms with Gasteiger partial charge in [-0.15, -0.1) is 0 Å². The molecule has 0 bridgehead atoms. The van der Waals surface area contributed by atoms with Crippen LogP contribution in [-0.2, 0) is 48.5 Å². The first kappa shape index (κ1) is 15.8. The van der Waals surface area contributed by atoms with Crippen LogP contribution < -0.4 is 10.2 Å². The summed E-state index contributed by atoms with van der Waals surface area (Å²) >= 11 is -5.94. The average Bonchev–Trinajstić information content (AvgIpc) is 1.33. The molecule has 0 unspecified atom stereocenters. The maximum atomic E-state index is 8.56. The molecular weight excluding hydrogens is 193 g/mol. The monoisotopic (exact) mass is 197 g/mol. The van der Waals surface area contributed by atoms with Crippen LogP contribution in [-0.4, -0.2) is 0 Å². The number of hydrogen-bond donors (Lipinski definition) is 1. The van der Waals surface area contributed by atoms with Gasteiger partial charge in [-0.3, -0.25) is 0 Å². The van der Waals surface area contributed by atoms with Gasteiger partial charge in [-0.2, -0.15) is 0 Å². The summed E-state index contributed by atoms with van der Waals surface area (Å²) in [4.78, 5) is 0. The van der Waals surface area contributed by atoms with Crippen LogP contribution in [0.2, 0.25) is 0 Å². The third-order valence-corrected chi connectivity index (χ3v) is 0. The van der Waals surface area contributed by atoms with E-state index in [1.54, 1.807) is 0 Å². The van der Waals surface area contributed by atoms with Gasteiger partial charge in [0.2, 0.25) is 0 Å². The first-order valence-corrected chi connectivity index (χ1v) is 3.94. The Morgan fingerprint density at radius 3 is 1.25 bits per heavy atom. The second kappa shape index (κ2) is 15.7. The van der Waals surface area contributed by atoms with Crippen LogP contribution in [0.1, 0.15) is 0 Å². The maximum absolute atomic E-state index is 8.56. The van der Waals surface area contributed by atoms with E-state index in [0.29, 0.717) is 0 Å². The molecule has 0 fully saturated rings. The summed E-state index contributed by atoms with van der Waals surface area (Å²) in [6.45, 7) is 0. The molecule has 48 valence electrons. The summed E-state index contributed by atoms with van der Waals surface area (Å²) < 4.78 is 42.7. The summed E-state index contributed by atoms with van der Waals surface area (Å²) in [6, 6.07) is 0. The van der Waals surface area contributed by atoms with Crippen molar-refractivity contribution in [1.29, 1.82) is 0 Å². The molecule has 8 heavy (non-hydrogen) atoms. The summed E-state index contributed by atoms with van der Waals surface area (Å²) in [6.07, 6.45) is 0. The molecule has 0 aliphatic heterocycles. The molecule has 0 aromatic heterocycles. The number of quaternary nitrogens is 1. The van der Waals surface area contributed by atoms with Crippen molar-refractivity contribution in [2.75, 3.05) is 0 Å². The number of hydrogen-bond acceptors (Lipinski definition) is 5. The van der Waals surface area contributed by atoms with Gasteiger partial charge in [-0.05, 0) is 0 Å². The molecule has 0 saturated carbocycles.